The summed E-state index contributed by atoms with van der Waals surface area (Å²) in [4.78, 5) is 8.78. The van der Waals surface area contributed by atoms with Crippen LogP contribution in [0.15, 0.2) is 12.7 Å². The van der Waals surface area contributed by atoms with Crippen molar-refractivity contribution in [3.05, 3.63) is 12.7 Å². The van der Waals surface area contributed by atoms with Crippen molar-refractivity contribution in [3.63, 3.8) is 0 Å². The maximum atomic E-state index is 10.7. The summed E-state index contributed by atoms with van der Waals surface area (Å²) in [6.45, 7) is 3.29. The zero-order valence-corrected chi connectivity index (χ0v) is 7.07. The number of allylic oxidation sites excluding steroid dienone is 1. The molecule has 0 rings (SSSR count). The van der Waals surface area contributed by atoms with Crippen molar-refractivity contribution in [2.45, 2.75) is 0 Å². The second-order valence-electron chi connectivity index (χ2n) is 1.63. The van der Waals surface area contributed by atoms with Gasteiger partial charge in [0.05, 0.1) is 6.07 Å². The number of nitrogens with zero attached hydrogens (tertiary/aromatic N) is 1. The first-order chi connectivity index (χ1) is 4.12. The second kappa shape index (κ2) is 5.49. The van der Waals surface area contributed by atoms with Gasteiger partial charge in [-0.05, 0) is 0 Å². The first kappa shape index (κ1) is 12.4. The van der Waals surface area contributed by atoms with Crippen molar-refractivity contribution >= 4 is 19.8 Å². The van der Waals surface area contributed by atoms with Crippen LogP contribution in [0.25, 0.3) is 0 Å². The Balaban J connectivity index is 0. The summed E-state index contributed by atoms with van der Waals surface area (Å²) in [5.41, 5.74) is 0. The highest BCUT2D eigenvalue weighted by molar-refractivity contribution is 7.58. The molecule has 0 saturated heterocycles. The molecule has 0 saturated carbocycles. The molecule has 1 N–H and O–H groups in total. The molecular formula is C5H9ClNO2P. The number of hydrogen-bond acceptors (Lipinski definition) is 2. The van der Waals surface area contributed by atoms with Gasteiger partial charge in [-0.25, -0.2) is 0 Å². The summed E-state index contributed by atoms with van der Waals surface area (Å²) in [5.74, 6) is 0. The molecule has 0 aromatic heterocycles. The van der Waals surface area contributed by atoms with Crippen LogP contribution in [-0.4, -0.2) is 17.2 Å². The van der Waals surface area contributed by atoms with E-state index in [9.17, 15) is 4.57 Å². The molecule has 1 unspecified atom stereocenters. The lowest BCUT2D eigenvalue weighted by atomic mass is 10.8. The molecule has 0 heterocycles. The van der Waals surface area contributed by atoms with E-state index in [4.69, 9.17) is 10.2 Å². The largest absolute Gasteiger partial charge is 0.343 e. The summed E-state index contributed by atoms with van der Waals surface area (Å²) in [6.07, 6.45) is 1.09. The van der Waals surface area contributed by atoms with Crippen molar-refractivity contribution < 1.29 is 9.46 Å². The molecule has 0 bridgehead atoms. The van der Waals surface area contributed by atoms with Crippen LogP contribution in [0.4, 0.5) is 0 Å². The SMILES string of the molecule is C=CCP(=O)(O)CC#N.Cl. The molecule has 3 nitrogen and oxygen atoms in total. The summed E-state index contributed by atoms with van der Waals surface area (Å²) in [6, 6.07) is 1.63. The lowest BCUT2D eigenvalue weighted by Crippen LogP contribution is -1.87. The van der Waals surface area contributed by atoms with Crippen molar-refractivity contribution in [1.29, 1.82) is 5.26 Å². The lowest BCUT2D eigenvalue weighted by Gasteiger charge is -2.00. The van der Waals surface area contributed by atoms with Crippen LogP contribution in [0.2, 0.25) is 0 Å². The van der Waals surface area contributed by atoms with Crippen LogP contribution in [0, 0.1) is 11.3 Å². The Hall–Kier alpha value is -0.290. The molecule has 10 heavy (non-hydrogen) atoms. The smallest absolute Gasteiger partial charge is 0.217 e. The fourth-order valence-electron chi connectivity index (χ4n) is 0.377. The summed E-state index contributed by atoms with van der Waals surface area (Å²) >= 11 is 0. The van der Waals surface area contributed by atoms with E-state index in [1.165, 1.54) is 6.08 Å². The molecule has 0 radical (unpaired) electrons. The van der Waals surface area contributed by atoms with Crippen LogP contribution in [-0.2, 0) is 4.57 Å². The molecule has 0 aliphatic carbocycles. The fourth-order valence-corrected chi connectivity index (χ4v) is 1.13. The molecule has 0 aliphatic heterocycles. The van der Waals surface area contributed by atoms with E-state index >= 15 is 0 Å². The highest BCUT2D eigenvalue weighted by atomic mass is 35.5. The predicted octanol–water partition coefficient (Wildman–Crippen LogP) is 1.39. The number of rotatable bonds is 3. The molecule has 0 fully saturated rings. The Morgan fingerprint density at radius 3 is 2.60 bits per heavy atom. The first-order valence-electron chi connectivity index (χ1n) is 2.41. The average Bonchev–Trinajstić information content (AvgIpc) is 1.64. The molecule has 1 atom stereocenters. The fraction of sp³-hybridized carbons (Fsp3) is 0.400. The molecule has 0 aromatic rings. The highest BCUT2D eigenvalue weighted by Crippen LogP contribution is 2.38. The molecule has 5 heteroatoms. The molecule has 0 spiro atoms. The molecule has 58 valence electrons. The van der Waals surface area contributed by atoms with Crippen LogP contribution >= 0.6 is 19.8 Å². The van der Waals surface area contributed by atoms with Gasteiger partial charge in [-0.15, -0.1) is 19.0 Å². The van der Waals surface area contributed by atoms with Gasteiger partial charge >= 0.3 is 0 Å². The van der Waals surface area contributed by atoms with E-state index < -0.39 is 7.37 Å². The zero-order valence-electron chi connectivity index (χ0n) is 5.36. The molecule has 0 aromatic carbocycles. The summed E-state index contributed by atoms with van der Waals surface area (Å²) in [7, 11) is -3.17. The van der Waals surface area contributed by atoms with Gasteiger partial charge in [-0.3, -0.25) is 4.57 Å². The normalized spacial score (nSPS) is 14.0. The summed E-state index contributed by atoms with van der Waals surface area (Å²) < 4.78 is 10.7. The number of nitriles is 1. The third-order valence-electron chi connectivity index (χ3n) is 0.732. The van der Waals surface area contributed by atoms with Crippen LogP contribution in [0.3, 0.4) is 0 Å². The quantitative estimate of drug-likeness (QED) is 0.529. The average molecular weight is 182 g/mol. The van der Waals surface area contributed by atoms with E-state index in [0.717, 1.165) is 0 Å². The predicted molar refractivity (Wildman–Crippen MR) is 42.6 cm³/mol. The van der Waals surface area contributed by atoms with Gasteiger partial charge in [-0.1, -0.05) is 6.08 Å². The van der Waals surface area contributed by atoms with Crippen molar-refractivity contribution in [3.8, 4) is 6.07 Å². The van der Waals surface area contributed by atoms with E-state index in [1.54, 1.807) is 6.07 Å². The minimum atomic E-state index is -3.17. The van der Waals surface area contributed by atoms with E-state index in [0.29, 0.717) is 0 Å². The van der Waals surface area contributed by atoms with Gasteiger partial charge < -0.3 is 4.89 Å². The van der Waals surface area contributed by atoms with Gasteiger partial charge in [-0.2, -0.15) is 5.26 Å². The van der Waals surface area contributed by atoms with Crippen molar-refractivity contribution in [1.82, 2.24) is 0 Å². The van der Waals surface area contributed by atoms with Gasteiger partial charge in [0.1, 0.15) is 6.16 Å². The highest BCUT2D eigenvalue weighted by Gasteiger charge is 2.13. The Kier molecular flexibility index (Phi) is 6.81. The van der Waals surface area contributed by atoms with Gasteiger partial charge in [0.15, 0.2) is 0 Å². The third kappa shape index (κ3) is 5.84. The van der Waals surface area contributed by atoms with Gasteiger partial charge in [0.25, 0.3) is 0 Å². The van der Waals surface area contributed by atoms with Crippen molar-refractivity contribution in [2.75, 3.05) is 12.3 Å². The molecular weight excluding hydrogens is 172 g/mol. The second-order valence-corrected chi connectivity index (χ2v) is 4.01. The maximum absolute atomic E-state index is 10.7. The Labute approximate surface area is 66.2 Å². The zero-order chi connectivity index (χ0) is 7.33. The third-order valence-corrected chi connectivity index (χ3v) is 2.20. The van der Waals surface area contributed by atoms with Crippen LogP contribution in [0.5, 0.6) is 0 Å². The minimum absolute atomic E-state index is 0. The molecule has 0 aliphatic rings. The topological polar surface area (TPSA) is 61.1 Å². The van der Waals surface area contributed by atoms with Gasteiger partial charge in [0.2, 0.25) is 7.37 Å². The number of halogens is 1. The minimum Gasteiger partial charge on any atom is -0.343 e. The van der Waals surface area contributed by atoms with Crippen LogP contribution < -0.4 is 0 Å². The molecule has 0 amide bonds. The monoisotopic (exact) mass is 181 g/mol. The van der Waals surface area contributed by atoms with E-state index in [-0.39, 0.29) is 24.7 Å². The lowest BCUT2D eigenvalue weighted by molar-refractivity contribution is 0.485. The van der Waals surface area contributed by atoms with E-state index in [1.807, 2.05) is 0 Å². The standard InChI is InChI=1S/C5H8NO2P.ClH/c1-2-4-9(7,8)5-3-6;/h2H,1,4-5H2,(H,7,8);1H. The van der Waals surface area contributed by atoms with Crippen molar-refractivity contribution in [2.24, 2.45) is 0 Å². The Morgan fingerprint density at radius 1 is 1.80 bits per heavy atom. The Morgan fingerprint density at radius 2 is 2.30 bits per heavy atom. The maximum Gasteiger partial charge on any atom is 0.217 e. The number of hydrogen-bond donors (Lipinski definition) is 1. The first-order valence-corrected chi connectivity index (χ1v) is 4.44. The van der Waals surface area contributed by atoms with E-state index in [2.05, 4.69) is 6.58 Å². The van der Waals surface area contributed by atoms with Crippen LogP contribution in [0.1, 0.15) is 0 Å². The van der Waals surface area contributed by atoms with Gasteiger partial charge in [0, 0.05) is 6.16 Å². The summed E-state index contributed by atoms with van der Waals surface area (Å²) in [5, 5.41) is 8.01. The Bertz CT molecular complexity index is 187.